The van der Waals surface area contributed by atoms with Crippen molar-refractivity contribution in [1.29, 1.82) is 0 Å². The summed E-state index contributed by atoms with van der Waals surface area (Å²) in [5, 5.41) is 4.54. The average Bonchev–Trinajstić information content (AvgIpc) is 2.85. The number of amidine groups is 1. The Balaban J connectivity index is 1.87. The number of aliphatic imine (C=N–C) groups is 1. The average molecular weight is 264 g/mol. The molecule has 0 amide bonds. The molecule has 4 heteroatoms. The number of hydrogen-bond acceptors (Lipinski definition) is 4. The van der Waals surface area contributed by atoms with Crippen LogP contribution in [0.4, 0.5) is 0 Å². The summed E-state index contributed by atoms with van der Waals surface area (Å²) in [6.45, 7) is 2.96. The smallest absolute Gasteiger partial charge is 0.157 e. The molecule has 0 saturated heterocycles. The van der Waals surface area contributed by atoms with Crippen LogP contribution in [0, 0.1) is 0 Å². The highest BCUT2D eigenvalue weighted by molar-refractivity contribution is 8.14. The third kappa shape index (κ3) is 3.75. The van der Waals surface area contributed by atoms with E-state index < -0.39 is 0 Å². The summed E-state index contributed by atoms with van der Waals surface area (Å²) >= 11 is 1.81. The maximum absolute atomic E-state index is 5.09. The lowest BCUT2D eigenvalue weighted by molar-refractivity contribution is 0.190. The Hall–Kier alpha value is -1.00. The van der Waals surface area contributed by atoms with Gasteiger partial charge in [-0.25, -0.2) is 0 Å². The molecule has 0 aliphatic carbocycles. The second kappa shape index (κ2) is 6.81. The van der Waals surface area contributed by atoms with E-state index in [0.717, 1.165) is 23.9 Å². The Morgan fingerprint density at radius 3 is 2.94 bits per heavy atom. The molecule has 0 bridgehead atoms. The fourth-order valence-electron chi connectivity index (χ4n) is 1.91. The minimum atomic E-state index is 0.304. The quantitative estimate of drug-likeness (QED) is 0.888. The summed E-state index contributed by atoms with van der Waals surface area (Å²) in [5.41, 5.74) is 1.29. The highest BCUT2D eigenvalue weighted by Crippen LogP contribution is 2.21. The number of thioether (sulfide) groups is 1. The first-order valence-corrected chi connectivity index (χ1v) is 7.29. The van der Waals surface area contributed by atoms with Crippen molar-refractivity contribution in [2.45, 2.75) is 25.4 Å². The Labute approximate surface area is 113 Å². The van der Waals surface area contributed by atoms with Crippen LogP contribution in [0.15, 0.2) is 35.3 Å². The molecule has 18 heavy (non-hydrogen) atoms. The molecule has 0 radical (unpaired) electrons. The van der Waals surface area contributed by atoms with E-state index in [9.17, 15) is 0 Å². The van der Waals surface area contributed by atoms with Gasteiger partial charge in [0.05, 0.1) is 12.1 Å². The van der Waals surface area contributed by atoms with Crippen molar-refractivity contribution in [3.05, 3.63) is 35.9 Å². The normalized spacial score (nSPS) is 20.6. The molecule has 1 aromatic carbocycles. The van der Waals surface area contributed by atoms with Crippen molar-refractivity contribution in [2.75, 3.05) is 19.5 Å². The third-order valence-corrected chi connectivity index (χ3v) is 4.06. The molecule has 1 heterocycles. The van der Waals surface area contributed by atoms with Gasteiger partial charge < -0.3 is 10.1 Å². The van der Waals surface area contributed by atoms with Crippen molar-refractivity contribution < 1.29 is 4.74 Å². The van der Waals surface area contributed by atoms with Crippen LogP contribution in [0.3, 0.4) is 0 Å². The first kappa shape index (κ1) is 13.4. The molecule has 1 N–H and O–H groups in total. The van der Waals surface area contributed by atoms with Crippen LogP contribution < -0.4 is 5.32 Å². The second-order valence-corrected chi connectivity index (χ2v) is 5.47. The standard InChI is InChI=1S/C14H20N2OS/c1-11(12-6-4-3-5-7-12)15-14-16-13(10-18-14)8-9-17-2/h3-7,11,13H,8-10H2,1-2H3,(H,15,16). The topological polar surface area (TPSA) is 33.6 Å². The zero-order valence-electron chi connectivity index (χ0n) is 10.9. The molecule has 0 fully saturated rings. The Kier molecular flexibility index (Phi) is 5.08. The van der Waals surface area contributed by atoms with E-state index >= 15 is 0 Å². The van der Waals surface area contributed by atoms with Gasteiger partial charge in [0.2, 0.25) is 0 Å². The van der Waals surface area contributed by atoms with Crippen molar-refractivity contribution in [1.82, 2.24) is 5.32 Å². The minimum Gasteiger partial charge on any atom is -0.385 e. The molecule has 98 valence electrons. The third-order valence-electron chi connectivity index (χ3n) is 3.01. The SMILES string of the molecule is COCCC1CSC(NC(C)c2ccccc2)=N1. The van der Waals surface area contributed by atoms with E-state index in [1.165, 1.54) is 5.56 Å². The van der Waals surface area contributed by atoms with Crippen LogP contribution in [0.25, 0.3) is 0 Å². The lowest BCUT2D eigenvalue weighted by Gasteiger charge is -2.14. The summed E-state index contributed by atoms with van der Waals surface area (Å²) in [5.74, 6) is 1.06. The summed E-state index contributed by atoms with van der Waals surface area (Å²) < 4.78 is 5.09. The number of nitrogens with zero attached hydrogens (tertiary/aromatic N) is 1. The number of nitrogens with one attached hydrogen (secondary N) is 1. The summed E-state index contributed by atoms with van der Waals surface area (Å²) in [6, 6.07) is 11.2. The molecule has 1 aliphatic heterocycles. The zero-order valence-corrected chi connectivity index (χ0v) is 11.7. The number of hydrogen-bond donors (Lipinski definition) is 1. The summed E-state index contributed by atoms with van der Waals surface area (Å²) in [7, 11) is 1.74. The van der Waals surface area contributed by atoms with Crippen molar-refractivity contribution >= 4 is 16.9 Å². The van der Waals surface area contributed by atoms with Gasteiger partial charge in [-0.1, -0.05) is 42.1 Å². The fourth-order valence-corrected chi connectivity index (χ4v) is 2.98. The number of ether oxygens (including phenoxy) is 1. The van der Waals surface area contributed by atoms with Crippen LogP contribution in [-0.4, -0.2) is 30.7 Å². The van der Waals surface area contributed by atoms with Crippen LogP contribution in [-0.2, 0) is 4.74 Å². The van der Waals surface area contributed by atoms with Gasteiger partial charge in [-0.15, -0.1) is 0 Å². The van der Waals surface area contributed by atoms with Gasteiger partial charge in [-0.05, 0) is 18.9 Å². The fraction of sp³-hybridized carbons (Fsp3) is 0.500. The van der Waals surface area contributed by atoms with E-state index in [1.54, 1.807) is 7.11 Å². The highest BCUT2D eigenvalue weighted by atomic mass is 32.2. The molecular weight excluding hydrogens is 244 g/mol. The van der Waals surface area contributed by atoms with Gasteiger partial charge in [0.25, 0.3) is 0 Å². The van der Waals surface area contributed by atoms with Gasteiger partial charge >= 0.3 is 0 Å². The molecule has 0 spiro atoms. The predicted molar refractivity (Wildman–Crippen MR) is 78.2 cm³/mol. The van der Waals surface area contributed by atoms with Gasteiger partial charge in [0, 0.05) is 19.5 Å². The molecule has 3 nitrogen and oxygen atoms in total. The van der Waals surface area contributed by atoms with Crippen LogP contribution in [0.1, 0.15) is 24.9 Å². The molecule has 2 unspecified atom stereocenters. The lowest BCUT2D eigenvalue weighted by Crippen LogP contribution is -2.23. The molecule has 0 aromatic heterocycles. The van der Waals surface area contributed by atoms with Crippen molar-refractivity contribution in [3.63, 3.8) is 0 Å². The number of benzene rings is 1. The van der Waals surface area contributed by atoms with Crippen LogP contribution in [0.2, 0.25) is 0 Å². The summed E-state index contributed by atoms with van der Waals surface area (Å²) in [4.78, 5) is 4.68. The Morgan fingerprint density at radius 2 is 2.22 bits per heavy atom. The molecule has 0 saturated carbocycles. The lowest BCUT2D eigenvalue weighted by atomic mass is 10.1. The molecule has 1 aromatic rings. The number of rotatable bonds is 5. The molecule has 2 rings (SSSR count). The largest absolute Gasteiger partial charge is 0.385 e. The van der Waals surface area contributed by atoms with Gasteiger partial charge in [-0.2, -0.15) is 0 Å². The van der Waals surface area contributed by atoms with E-state index in [2.05, 4.69) is 41.5 Å². The predicted octanol–water partition coefficient (Wildman–Crippen LogP) is 2.85. The highest BCUT2D eigenvalue weighted by Gasteiger charge is 2.19. The van der Waals surface area contributed by atoms with Crippen molar-refractivity contribution in [2.24, 2.45) is 4.99 Å². The Morgan fingerprint density at radius 1 is 1.44 bits per heavy atom. The van der Waals surface area contributed by atoms with Crippen LogP contribution in [0.5, 0.6) is 0 Å². The van der Waals surface area contributed by atoms with E-state index in [0.29, 0.717) is 12.1 Å². The molecule has 1 aliphatic rings. The maximum atomic E-state index is 5.09. The summed E-state index contributed by atoms with van der Waals surface area (Å²) in [6.07, 6.45) is 1.01. The maximum Gasteiger partial charge on any atom is 0.157 e. The van der Waals surface area contributed by atoms with Crippen LogP contribution >= 0.6 is 11.8 Å². The van der Waals surface area contributed by atoms with E-state index in [-0.39, 0.29) is 0 Å². The monoisotopic (exact) mass is 264 g/mol. The zero-order chi connectivity index (χ0) is 12.8. The first-order chi connectivity index (χ1) is 8.79. The molecular formula is C14H20N2OS. The molecule has 2 atom stereocenters. The van der Waals surface area contributed by atoms with Crippen molar-refractivity contribution in [3.8, 4) is 0 Å². The number of methoxy groups -OCH3 is 1. The first-order valence-electron chi connectivity index (χ1n) is 6.30. The van der Waals surface area contributed by atoms with Gasteiger partial charge in [-0.3, -0.25) is 4.99 Å². The Bertz CT molecular complexity index is 394. The van der Waals surface area contributed by atoms with E-state index in [4.69, 9.17) is 4.74 Å². The van der Waals surface area contributed by atoms with Gasteiger partial charge in [0.1, 0.15) is 0 Å². The second-order valence-electron chi connectivity index (χ2n) is 4.46. The van der Waals surface area contributed by atoms with Gasteiger partial charge in [0.15, 0.2) is 5.17 Å². The minimum absolute atomic E-state index is 0.304. The van der Waals surface area contributed by atoms with E-state index in [1.807, 2.05) is 17.8 Å².